The van der Waals surface area contributed by atoms with Crippen LogP contribution in [0.1, 0.15) is 0 Å². The van der Waals surface area contributed by atoms with Crippen molar-refractivity contribution < 1.29 is 0 Å². The average molecular weight is 637 g/mol. The third-order valence-corrected chi connectivity index (χ3v) is 10.2. The van der Waals surface area contributed by atoms with Crippen LogP contribution < -0.4 is 0 Å². The predicted octanol–water partition coefficient (Wildman–Crippen LogP) is 12.9. The number of rotatable bonds is 5. The van der Waals surface area contributed by atoms with E-state index in [-0.39, 0.29) is 0 Å². The van der Waals surface area contributed by atoms with Gasteiger partial charge in [-0.3, -0.25) is 0 Å². The van der Waals surface area contributed by atoms with Crippen molar-refractivity contribution in [3.8, 4) is 44.8 Å². The van der Waals surface area contributed by atoms with Crippen LogP contribution in [-0.4, -0.2) is 9.13 Å². The largest absolute Gasteiger partial charge is 0.309 e. The van der Waals surface area contributed by atoms with Crippen molar-refractivity contribution in [2.75, 3.05) is 0 Å². The van der Waals surface area contributed by atoms with Crippen LogP contribution in [0.15, 0.2) is 194 Å². The summed E-state index contributed by atoms with van der Waals surface area (Å²) < 4.78 is 4.83. The van der Waals surface area contributed by atoms with Gasteiger partial charge >= 0.3 is 0 Å². The molecule has 0 amide bonds. The second-order valence-electron chi connectivity index (χ2n) is 12.9. The average Bonchev–Trinajstić information content (AvgIpc) is 3.72. The summed E-state index contributed by atoms with van der Waals surface area (Å²) in [5.74, 6) is 0. The molecule has 0 aliphatic heterocycles. The zero-order valence-corrected chi connectivity index (χ0v) is 27.4. The maximum absolute atomic E-state index is 2.42. The molecule has 2 heterocycles. The molecular weight excluding hydrogens is 605 g/mol. The first-order valence-electron chi connectivity index (χ1n) is 17.2. The van der Waals surface area contributed by atoms with E-state index in [4.69, 9.17) is 0 Å². The lowest BCUT2D eigenvalue weighted by molar-refractivity contribution is 1.18. The first-order valence-corrected chi connectivity index (χ1v) is 17.2. The number of nitrogens with zero attached hydrogens (tertiary/aromatic N) is 2. The van der Waals surface area contributed by atoms with Gasteiger partial charge in [-0.2, -0.15) is 0 Å². The number of benzene rings is 8. The molecular formula is C48H32N2. The normalized spacial score (nSPS) is 11.6. The van der Waals surface area contributed by atoms with Gasteiger partial charge < -0.3 is 9.13 Å². The Morgan fingerprint density at radius 2 is 0.580 bits per heavy atom. The number of hydrogen-bond acceptors (Lipinski definition) is 0. The molecule has 50 heavy (non-hydrogen) atoms. The lowest BCUT2D eigenvalue weighted by Gasteiger charge is -2.11. The molecule has 0 atom stereocenters. The maximum atomic E-state index is 2.42. The molecule has 0 saturated heterocycles. The zero-order chi connectivity index (χ0) is 33.0. The molecule has 0 aliphatic carbocycles. The van der Waals surface area contributed by atoms with Gasteiger partial charge in [0.15, 0.2) is 0 Å². The molecule has 0 saturated carbocycles. The van der Waals surface area contributed by atoms with Gasteiger partial charge in [0.05, 0.1) is 22.1 Å². The van der Waals surface area contributed by atoms with Crippen molar-refractivity contribution >= 4 is 43.6 Å². The van der Waals surface area contributed by atoms with E-state index in [2.05, 4.69) is 203 Å². The standard InChI is InChI=1S/C48H32N2/c1-3-13-33(14-4-1)35-25-29-37(30-26-35)49-43-21-9-7-17-41(43)47-39(19-11-23-45(47)49)40-20-12-24-46-48(40)42-18-8-10-22-44(42)50(46)38-31-27-36(28-32-38)34-15-5-2-6-16-34/h1-32H. The number of hydrogen-bond donors (Lipinski definition) is 0. The van der Waals surface area contributed by atoms with Gasteiger partial charge in [-0.15, -0.1) is 0 Å². The smallest absolute Gasteiger partial charge is 0.0547 e. The summed E-state index contributed by atoms with van der Waals surface area (Å²) in [6.45, 7) is 0. The highest BCUT2D eigenvalue weighted by atomic mass is 15.0. The second kappa shape index (κ2) is 11.5. The summed E-state index contributed by atoms with van der Waals surface area (Å²) in [6.07, 6.45) is 0. The van der Waals surface area contributed by atoms with E-state index in [1.165, 1.54) is 77.0 Å². The molecule has 234 valence electrons. The van der Waals surface area contributed by atoms with Gasteiger partial charge in [-0.25, -0.2) is 0 Å². The molecule has 2 heteroatoms. The van der Waals surface area contributed by atoms with E-state index in [0.29, 0.717) is 0 Å². The molecule has 0 aliphatic rings. The molecule has 0 radical (unpaired) electrons. The van der Waals surface area contributed by atoms with E-state index in [0.717, 1.165) is 11.4 Å². The van der Waals surface area contributed by atoms with Gasteiger partial charge in [0.1, 0.15) is 0 Å². The zero-order valence-electron chi connectivity index (χ0n) is 27.4. The molecule has 2 nitrogen and oxygen atoms in total. The van der Waals surface area contributed by atoms with Crippen molar-refractivity contribution in [2.45, 2.75) is 0 Å². The molecule has 2 aromatic heterocycles. The molecule has 10 aromatic rings. The Labute approximate surface area is 290 Å². The van der Waals surface area contributed by atoms with E-state index in [1.807, 2.05) is 0 Å². The van der Waals surface area contributed by atoms with Crippen LogP contribution in [-0.2, 0) is 0 Å². The maximum Gasteiger partial charge on any atom is 0.0547 e. The Balaban J connectivity index is 1.19. The van der Waals surface area contributed by atoms with Gasteiger partial charge in [0, 0.05) is 32.9 Å². The van der Waals surface area contributed by atoms with E-state index in [1.54, 1.807) is 0 Å². The lowest BCUT2D eigenvalue weighted by atomic mass is 9.95. The minimum atomic E-state index is 1.15. The summed E-state index contributed by atoms with van der Waals surface area (Å²) in [7, 11) is 0. The SMILES string of the molecule is c1ccc(-c2ccc(-n3c4ccccc4c4c(-c5cccc6c5c5ccccc5n6-c5ccc(-c6ccccc6)cc5)cccc43)cc2)cc1. The summed E-state index contributed by atoms with van der Waals surface area (Å²) in [6, 6.07) is 70.3. The third kappa shape index (κ3) is 4.43. The Morgan fingerprint density at radius 1 is 0.240 bits per heavy atom. The van der Waals surface area contributed by atoms with Crippen molar-refractivity contribution in [1.82, 2.24) is 9.13 Å². The van der Waals surface area contributed by atoms with Crippen LogP contribution in [0.3, 0.4) is 0 Å². The number of aromatic nitrogens is 2. The third-order valence-electron chi connectivity index (χ3n) is 10.2. The fraction of sp³-hybridized carbons (Fsp3) is 0. The molecule has 0 fully saturated rings. The fourth-order valence-electron chi connectivity index (χ4n) is 7.91. The minimum Gasteiger partial charge on any atom is -0.309 e. The Bertz CT molecular complexity index is 2620. The summed E-state index contributed by atoms with van der Waals surface area (Å²) in [5, 5.41) is 5.04. The Kier molecular flexibility index (Phi) is 6.53. The van der Waals surface area contributed by atoms with Crippen molar-refractivity contribution in [3.05, 3.63) is 194 Å². The van der Waals surface area contributed by atoms with Crippen molar-refractivity contribution in [2.24, 2.45) is 0 Å². The van der Waals surface area contributed by atoms with Crippen molar-refractivity contribution in [3.63, 3.8) is 0 Å². The molecule has 10 rings (SSSR count). The highest BCUT2D eigenvalue weighted by molar-refractivity contribution is 6.22. The van der Waals surface area contributed by atoms with Crippen LogP contribution in [0.25, 0.3) is 88.4 Å². The van der Waals surface area contributed by atoms with Crippen LogP contribution in [0.2, 0.25) is 0 Å². The molecule has 0 bridgehead atoms. The molecule has 8 aromatic carbocycles. The fourth-order valence-corrected chi connectivity index (χ4v) is 7.91. The topological polar surface area (TPSA) is 9.86 Å². The van der Waals surface area contributed by atoms with E-state index >= 15 is 0 Å². The first-order chi connectivity index (χ1) is 24.8. The summed E-state index contributed by atoms with van der Waals surface area (Å²) in [5.41, 5.74) is 14.5. The monoisotopic (exact) mass is 636 g/mol. The Hall–Kier alpha value is -6.64. The van der Waals surface area contributed by atoms with Gasteiger partial charge in [-0.05, 0) is 81.9 Å². The Morgan fingerprint density at radius 3 is 1.00 bits per heavy atom. The van der Waals surface area contributed by atoms with E-state index < -0.39 is 0 Å². The quantitative estimate of drug-likeness (QED) is 0.178. The highest BCUT2D eigenvalue weighted by Crippen LogP contribution is 2.44. The second-order valence-corrected chi connectivity index (χ2v) is 12.9. The summed E-state index contributed by atoms with van der Waals surface area (Å²) in [4.78, 5) is 0. The van der Waals surface area contributed by atoms with Crippen LogP contribution in [0, 0.1) is 0 Å². The van der Waals surface area contributed by atoms with E-state index in [9.17, 15) is 0 Å². The molecule has 0 N–H and O–H groups in total. The highest BCUT2D eigenvalue weighted by Gasteiger charge is 2.20. The van der Waals surface area contributed by atoms with Crippen LogP contribution >= 0.6 is 0 Å². The van der Waals surface area contributed by atoms with Gasteiger partial charge in [0.25, 0.3) is 0 Å². The van der Waals surface area contributed by atoms with Crippen LogP contribution in [0.5, 0.6) is 0 Å². The van der Waals surface area contributed by atoms with Gasteiger partial charge in [0.2, 0.25) is 0 Å². The molecule has 0 spiro atoms. The van der Waals surface area contributed by atoms with Crippen molar-refractivity contribution in [1.29, 1.82) is 0 Å². The summed E-state index contributed by atoms with van der Waals surface area (Å²) >= 11 is 0. The van der Waals surface area contributed by atoms with Crippen LogP contribution in [0.4, 0.5) is 0 Å². The number of fused-ring (bicyclic) bond motifs is 6. The predicted molar refractivity (Wildman–Crippen MR) is 211 cm³/mol. The lowest BCUT2D eigenvalue weighted by Crippen LogP contribution is -1.94. The molecule has 0 unspecified atom stereocenters. The first kappa shape index (κ1) is 28.4. The van der Waals surface area contributed by atoms with Gasteiger partial charge in [-0.1, -0.05) is 146 Å². The number of para-hydroxylation sites is 2. The minimum absolute atomic E-state index is 1.15.